The highest BCUT2D eigenvalue weighted by Crippen LogP contribution is 2.28. The zero-order chi connectivity index (χ0) is 12.4. The molecule has 0 bridgehead atoms. The molecule has 86 valence electrons. The predicted molar refractivity (Wildman–Crippen MR) is 67.0 cm³/mol. The van der Waals surface area contributed by atoms with Crippen molar-refractivity contribution in [3.8, 4) is 5.75 Å². The lowest BCUT2D eigenvalue weighted by molar-refractivity contribution is 0.415. The van der Waals surface area contributed by atoms with E-state index in [0.29, 0.717) is 6.54 Å². The second-order valence-electron chi connectivity index (χ2n) is 3.98. The number of nitrogens with two attached hydrogens (primary N) is 1. The van der Waals surface area contributed by atoms with E-state index in [9.17, 15) is 0 Å². The van der Waals surface area contributed by atoms with E-state index in [1.54, 1.807) is 0 Å². The first-order valence-corrected chi connectivity index (χ1v) is 5.39. The summed E-state index contributed by atoms with van der Waals surface area (Å²) in [7, 11) is 2.01. The molecule has 0 atom stereocenters. The summed E-state index contributed by atoms with van der Waals surface area (Å²) in [6.07, 6.45) is 0.869. The van der Waals surface area contributed by atoms with Gasteiger partial charge < -0.3 is 15.0 Å². The standard InChI is InChI=1S/C13H18N2O/c1-9-11(6-7-14)12-8-10(16-3)4-5-13(12)15(9)2/h4-5,8H,6-7,14H2,1-3H3/i3D. The first-order chi connectivity index (χ1) is 8.19. The molecule has 0 aliphatic carbocycles. The molecule has 3 nitrogen and oxygen atoms in total. The summed E-state index contributed by atoms with van der Waals surface area (Å²) >= 11 is 0. The Bertz CT molecular complexity index is 534. The van der Waals surface area contributed by atoms with Gasteiger partial charge in [0.05, 0.1) is 8.46 Å². The Morgan fingerprint density at radius 1 is 1.50 bits per heavy atom. The van der Waals surface area contributed by atoms with E-state index in [2.05, 4.69) is 18.5 Å². The molecule has 0 aliphatic rings. The van der Waals surface area contributed by atoms with Crippen molar-refractivity contribution in [3.05, 3.63) is 29.5 Å². The van der Waals surface area contributed by atoms with Gasteiger partial charge >= 0.3 is 0 Å². The van der Waals surface area contributed by atoms with Gasteiger partial charge in [-0.15, -0.1) is 0 Å². The highest BCUT2D eigenvalue weighted by atomic mass is 16.5. The van der Waals surface area contributed by atoms with Gasteiger partial charge in [-0.1, -0.05) is 0 Å². The van der Waals surface area contributed by atoms with Gasteiger partial charge in [-0.25, -0.2) is 0 Å². The topological polar surface area (TPSA) is 40.2 Å². The van der Waals surface area contributed by atoms with Crippen molar-refractivity contribution in [1.82, 2.24) is 4.57 Å². The van der Waals surface area contributed by atoms with Gasteiger partial charge in [0.15, 0.2) is 0 Å². The maximum absolute atomic E-state index is 7.08. The summed E-state index contributed by atoms with van der Waals surface area (Å²) in [5.74, 6) is 0.747. The van der Waals surface area contributed by atoms with Gasteiger partial charge in [0.25, 0.3) is 0 Å². The molecule has 1 aromatic carbocycles. The van der Waals surface area contributed by atoms with Crippen LogP contribution < -0.4 is 10.5 Å². The van der Waals surface area contributed by atoms with Gasteiger partial charge in [-0.3, -0.25) is 0 Å². The van der Waals surface area contributed by atoms with Crippen LogP contribution in [-0.4, -0.2) is 18.2 Å². The van der Waals surface area contributed by atoms with Gasteiger partial charge in [0.1, 0.15) is 5.75 Å². The molecule has 2 N–H and O–H groups in total. The summed E-state index contributed by atoms with van der Waals surface area (Å²) in [5, 5.41) is 1.18. The van der Waals surface area contributed by atoms with E-state index in [1.165, 1.54) is 22.2 Å². The van der Waals surface area contributed by atoms with Gasteiger partial charge in [-0.2, -0.15) is 0 Å². The summed E-state index contributed by atoms with van der Waals surface area (Å²) in [5.41, 5.74) is 9.36. The molecule has 0 spiro atoms. The number of benzene rings is 1. The number of nitrogens with zero attached hydrogens (tertiary/aromatic N) is 1. The molecule has 0 fully saturated rings. The quantitative estimate of drug-likeness (QED) is 0.857. The van der Waals surface area contributed by atoms with Crippen molar-refractivity contribution < 1.29 is 6.11 Å². The van der Waals surface area contributed by atoms with Crippen LogP contribution in [0.25, 0.3) is 10.9 Å². The Morgan fingerprint density at radius 3 is 3.00 bits per heavy atom. The highest BCUT2D eigenvalue weighted by molar-refractivity contribution is 5.86. The molecule has 0 aliphatic heterocycles. The maximum Gasteiger partial charge on any atom is 0.119 e. The van der Waals surface area contributed by atoms with Crippen LogP contribution in [0.4, 0.5) is 0 Å². The molecule has 1 aromatic heterocycles. The Hall–Kier alpha value is -1.48. The van der Waals surface area contributed by atoms with E-state index in [-0.39, 0.29) is 7.09 Å². The van der Waals surface area contributed by atoms with E-state index in [0.717, 1.165) is 12.2 Å². The summed E-state index contributed by atoms with van der Waals surface area (Å²) in [6.45, 7) is 2.75. The highest BCUT2D eigenvalue weighted by Gasteiger charge is 2.11. The largest absolute Gasteiger partial charge is 0.497 e. The second-order valence-corrected chi connectivity index (χ2v) is 3.98. The molecular weight excluding hydrogens is 200 g/mol. The zero-order valence-corrected chi connectivity index (χ0v) is 9.79. The number of aromatic nitrogens is 1. The van der Waals surface area contributed by atoms with E-state index in [4.69, 9.17) is 11.8 Å². The minimum absolute atomic E-state index is 0.0520. The molecule has 0 radical (unpaired) electrons. The Balaban J connectivity index is 2.61. The predicted octanol–water partition coefficient (Wildman–Crippen LogP) is 2.00. The van der Waals surface area contributed by atoms with Crippen LogP contribution in [0.2, 0.25) is 0 Å². The van der Waals surface area contributed by atoms with Crippen molar-refractivity contribution in [2.75, 3.05) is 13.6 Å². The maximum atomic E-state index is 7.08. The Labute approximate surface area is 97.2 Å². The Kier molecular flexibility index (Phi) is 2.54. The van der Waals surface area contributed by atoms with Crippen LogP contribution in [0.15, 0.2) is 18.2 Å². The van der Waals surface area contributed by atoms with Crippen molar-refractivity contribution in [2.24, 2.45) is 12.8 Å². The van der Waals surface area contributed by atoms with Crippen LogP contribution in [-0.2, 0) is 13.5 Å². The third-order valence-electron chi connectivity index (χ3n) is 3.16. The number of ether oxygens (including phenoxy) is 1. The van der Waals surface area contributed by atoms with Crippen molar-refractivity contribution >= 4 is 10.9 Å². The van der Waals surface area contributed by atoms with Crippen LogP contribution in [0.3, 0.4) is 0 Å². The third-order valence-corrected chi connectivity index (χ3v) is 3.16. The average Bonchev–Trinajstić information content (AvgIpc) is 2.55. The smallest absolute Gasteiger partial charge is 0.119 e. The summed E-state index contributed by atoms with van der Waals surface area (Å²) in [6, 6.07) is 5.94. The first-order valence-electron chi connectivity index (χ1n) is 6.09. The van der Waals surface area contributed by atoms with Crippen molar-refractivity contribution in [3.63, 3.8) is 0 Å². The number of rotatable bonds is 3. The lowest BCUT2D eigenvalue weighted by atomic mass is 10.1. The van der Waals surface area contributed by atoms with Gasteiger partial charge in [-0.05, 0) is 43.7 Å². The van der Waals surface area contributed by atoms with E-state index < -0.39 is 0 Å². The minimum atomic E-state index is -0.0520. The summed E-state index contributed by atoms with van der Waals surface area (Å²) < 4.78 is 14.5. The fourth-order valence-electron chi connectivity index (χ4n) is 2.18. The lowest BCUT2D eigenvalue weighted by Crippen LogP contribution is -2.04. The molecule has 0 unspecified atom stereocenters. The minimum Gasteiger partial charge on any atom is -0.497 e. The molecule has 2 aromatic rings. The average molecular weight is 219 g/mol. The molecule has 3 heteroatoms. The molecule has 0 amide bonds. The van der Waals surface area contributed by atoms with E-state index in [1.807, 2.05) is 18.2 Å². The van der Waals surface area contributed by atoms with Gasteiger partial charge in [0, 0.05) is 23.6 Å². The van der Waals surface area contributed by atoms with Crippen LogP contribution in [0.5, 0.6) is 5.75 Å². The molecule has 0 saturated carbocycles. The molecule has 1 heterocycles. The number of hydrogen-bond acceptors (Lipinski definition) is 2. The van der Waals surface area contributed by atoms with Crippen molar-refractivity contribution in [2.45, 2.75) is 13.3 Å². The fraction of sp³-hybridized carbons (Fsp3) is 0.385. The Morgan fingerprint density at radius 2 is 2.31 bits per heavy atom. The summed E-state index contributed by atoms with van der Waals surface area (Å²) in [4.78, 5) is 0. The zero-order valence-electron chi connectivity index (χ0n) is 10.8. The number of aryl methyl sites for hydroxylation is 1. The number of methoxy groups -OCH3 is 1. The fourth-order valence-corrected chi connectivity index (χ4v) is 2.18. The molecule has 2 rings (SSSR count). The normalized spacial score (nSPS) is 11.8. The monoisotopic (exact) mass is 219 g/mol. The molecule has 16 heavy (non-hydrogen) atoms. The van der Waals surface area contributed by atoms with Crippen LogP contribution >= 0.6 is 0 Å². The third kappa shape index (κ3) is 1.57. The SMILES string of the molecule is [2H]COc1ccc2c(c1)c(CCN)c(C)n2C. The first kappa shape index (κ1) is 9.73. The molecule has 0 saturated heterocycles. The van der Waals surface area contributed by atoms with Gasteiger partial charge in [0.2, 0.25) is 0 Å². The molecular formula is C13H18N2O. The second kappa shape index (κ2) is 4.18. The van der Waals surface area contributed by atoms with Crippen LogP contribution in [0, 0.1) is 6.92 Å². The number of hydrogen-bond donors (Lipinski definition) is 1. The number of fused-ring (bicyclic) bond motifs is 1. The lowest BCUT2D eigenvalue weighted by Gasteiger charge is -2.01. The van der Waals surface area contributed by atoms with Crippen molar-refractivity contribution in [1.29, 1.82) is 0 Å². The van der Waals surface area contributed by atoms with Crippen LogP contribution in [0.1, 0.15) is 12.6 Å². The van der Waals surface area contributed by atoms with E-state index >= 15 is 0 Å².